The summed E-state index contributed by atoms with van der Waals surface area (Å²) in [6.07, 6.45) is 3.45. The van der Waals surface area contributed by atoms with E-state index in [0.29, 0.717) is 33.1 Å². The third-order valence-corrected chi connectivity index (χ3v) is 5.04. The van der Waals surface area contributed by atoms with Crippen LogP contribution in [-0.4, -0.2) is 54.1 Å². The van der Waals surface area contributed by atoms with Crippen LogP contribution < -0.4 is 5.32 Å². The lowest BCUT2D eigenvalue weighted by atomic mass is 10.0. The summed E-state index contributed by atoms with van der Waals surface area (Å²) >= 11 is 5.97. The Hall–Kier alpha value is -4.18. The molecule has 11 heteroatoms. The molecule has 0 aliphatic heterocycles. The molecule has 1 N–H and O–H groups in total. The Morgan fingerprint density at radius 2 is 1.71 bits per heavy atom. The third-order valence-electron chi connectivity index (χ3n) is 4.79. The lowest BCUT2D eigenvalue weighted by Gasteiger charge is -2.10. The molecular formula is C24H25ClN6O4. The van der Waals surface area contributed by atoms with Crippen molar-refractivity contribution in [3.63, 3.8) is 0 Å². The van der Waals surface area contributed by atoms with Gasteiger partial charge in [0.2, 0.25) is 0 Å². The monoisotopic (exact) mass is 496 g/mol. The van der Waals surface area contributed by atoms with Crippen molar-refractivity contribution in [1.29, 1.82) is 0 Å². The molecule has 3 aromatic rings. The summed E-state index contributed by atoms with van der Waals surface area (Å²) in [6.45, 7) is 1.82. The summed E-state index contributed by atoms with van der Waals surface area (Å²) in [5, 5.41) is 19.7. The molecule has 1 heterocycles. The molecule has 182 valence electrons. The van der Waals surface area contributed by atoms with Gasteiger partial charge in [0.1, 0.15) is 32.2 Å². The van der Waals surface area contributed by atoms with Crippen LogP contribution in [0.5, 0.6) is 0 Å². The van der Waals surface area contributed by atoms with Gasteiger partial charge in [0.05, 0.1) is 11.9 Å². The summed E-state index contributed by atoms with van der Waals surface area (Å²) in [5.41, 5.74) is 3.84. The topological polar surface area (TPSA) is 112 Å². The second kappa shape index (κ2) is 12.3. The van der Waals surface area contributed by atoms with E-state index >= 15 is 0 Å². The van der Waals surface area contributed by atoms with Gasteiger partial charge in [0.25, 0.3) is 5.91 Å². The van der Waals surface area contributed by atoms with Crippen LogP contribution in [0.3, 0.4) is 0 Å². The molecule has 1 aromatic heterocycles. The molecule has 0 radical (unpaired) electrons. The summed E-state index contributed by atoms with van der Waals surface area (Å²) in [6, 6.07) is 14.5. The normalized spacial score (nSPS) is 12.3. The van der Waals surface area contributed by atoms with Crippen LogP contribution in [0.15, 0.2) is 76.4 Å². The molecule has 0 fully saturated rings. The number of aromatic nitrogens is 2. The van der Waals surface area contributed by atoms with Crippen molar-refractivity contribution in [2.75, 3.05) is 21.3 Å². The Kier molecular flexibility index (Phi) is 8.96. The van der Waals surface area contributed by atoms with E-state index in [1.165, 1.54) is 21.3 Å². The molecule has 0 spiro atoms. The van der Waals surface area contributed by atoms with Gasteiger partial charge in [-0.3, -0.25) is 4.79 Å². The molecule has 10 nitrogen and oxygen atoms in total. The molecule has 0 bridgehead atoms. The average Bonchev–Trinajstić information content (AvgIpc) is 3.36. The number of hydrogen-bond donors (Lipinski definition) is 1. The van der Waals surface area contributed by atoms with E-state index < -0.39 is 0 Å². The van der Waals surface area contributed by atoms with Gasteiger partial charge >= 0.3 is 0 Å². The van der Waals surface area contributed by atoms with Crippen molar-refractivity contribution in [3.8, 4) is 5.69 Å². The van der Waals surface area contributed by atoms with Crippen molar-refractivity contribution >= 4 is 34.6 Å². The zero-order chi connectivity index (χ0) is 25.2. The summed E-state index contributed by atoms with van der Waals surface area (Å²) in [4.78, 5) is 27.7. The summed E-state index contributed by atoms with van der Waals surface area (Å²) in [7, 11) is 4.34. The molecule has 2 aromatic carbocycles. The van der Waals surface area contributed by atoms with E-state index in [9.17, 15) is 4.79 Å². The number of carbonyl (C=O) groups is 1. The zero-order valence-corrected chi connectivity index (χ0v) is 20.5. The lowest BCUT2D eigenvalue weighted by molar-refractivity contribution is -0.114. The highest BCUT2D eigenvalue weighted by molar-refractivity contribution is 6.47. The number of hydrogen-bond acceptors (Lipinski definition) is 8. The van der Waals surface area contributed by atoms with E-state index in [1.54, 1.807) is 48.3 Å². The first-order valence-corrected chi connectivity index (χ1v) is 10.9. The van der Waals surface area contributed by atoms with Crippen LogP contribution in [0.4, 0.5) is 0 Å². The maximum atomic E-state index is 12.2. The Balaban J connectivity index is 1.80. The number of benzene rings is 2. The average molecular weight is 497 g/mol. The number of rotatable bonds is 10. The predicted molar refractivity (Wildman–Crippen MR) is 134 cm³/mol. The van der Waals surface area contributed by atoms with Gasteiger partial charge in [0.15, 0.2) is 5.71 Å². The highest BCUT2D eigenvalue weighted by Crippen LogP contribution is 2.15. The smallest absolute Gasteiger partial charge is 0.273 e. The Bertz CT molecular complexity index is 1250. The molecule has 0 aliphatic carbocycles. The molecule has 3 rings (SSSR count). The Labute approximate surface area is 207 Å². The fourth-order valence-electron chi connectivity index (χ4n) is 3.14. The number of oxime groups is 3. The summed E-state index contributed by atoms with van der Waals surface area (Å²) < 4.78 is 1.69. The van der Waals surface area contributed by atoms with Gasteiger partial charge in [-0.2, -0.15) is 5.10 Å². The van der Waals surface area contributed by atoms with Crippen LogP contribution in [0.25, 0.3) is 5.69 Å². The van der Waals surface area contributed by atoms with Gasteiger partial charge in [-0.25, -0.2) is 4.68 Å². The van der Waals surface area contributed by atoms with Gasteiger partial charge in [-0.1, -0.05) is 51.3 Å². The van der Waals surface area contributed by atoms with Crippen LogP contribution in [0, 0.1) is 0 Å². The number of carbonyl (C=O) groups excluding carboxylic acids is 1. The highest BCUT2D eigenvalue weighted by Gasteiger charge is 2.18. The molecule has 35 heavy (non-hydrogen) atoms. The quantitative estimate of drug-likeness (QED) is 0.340. The number of nitrogens with zero attached hydrogens (tertiary/aromatic N) is 5. The highest BCUT2D eigenvalue weighted by atomic mass is 35.5. The molecular weight excluding hydrogens is 472 g/mol. The van der Waals surface area contributed by atoms with Crippen molar-refractivity contribution in [2.24, 2.45) is 15.5 Å². The van der Waals surface area contributed by atoms with Crippen molar-refractivity contribution < 1.29 is 19.3 Å². The maximum Gasteiger partial charge on any atom is 0.273 e. The van der Waals surface area contributed by atoms with Crippen LogP contribution in [0.1, 0.15) is 23.6 Å². The minimum atomic E-state index is -0.383. The Morgan fingerprint density at radius 3 is 2.40 bits per heavy atom. The second-order valence-corrected chi connectivity index (χ2v) is 7.52. The zero-order valence-electron chi connectivity index (χ0n) is 19.7. The Morgan fingerprint density at radius 1 is 1.03 bits per heavy atom. The number of halogens is 1. The first-order valence-electron chi connectivity index (χ1n) is 10.5. The van der Waals surface area contributed by atoms with E-state index in [1.807, 2.05) is 24.3 Å². The minimum absolute atomic E-state index is 0.0809. The third kappa shape index (κ3) is 6.45. The molecule has 0 aliphatic rings. The molecule has 0 saturated heterocycles. The second-order valence-electron chi connectivity index (χ2n) is 7.08. The van der Waals surface area contributed by atoms with Crippen molar-refractivity contribution in [3.05, 3.63) is 82.6 Å². The summed E-state index contributed by atoms with van der Waals surface area (Å²) in [5.74, 6) is -0.383. The maximum absolute atomic E-state index is 12.2. The standard InChI is InChI=1S/C24H25ClN6O4/c1-16(22(29-33-3)18-13-27-31(14-18)20-11-9-19(25)10-12-20)28-35-15-17-7-5-6-8-21(17)23(30-34-4)24(32)26-2/h5-14H,15H2,1-4H3,(H,26,32)/b28-16+,29-22-,30-23+. The van der Waals surface area contributed by atoms with Crippen molar-refractivity contribution in [2.45, 2.75) is 13.5 Å². The van der Waals surface area contributed by atoms with Crippen LogP contribution >= 0.6 is 11.6 Å². The van der Waals surface area contributed by atoms with Crippen molar-refractivity contribution in [1.82, 2.24) is 15.1 Å². The number of likely N-dealkylation sites (N-methyl/N-ethyl adjacent to an activating group) is 1. The van der Waals surface area contributed by atoms with Crippen LogP contribution in [-0.2, 0) is 25.9 Å². The molecule has 0 saturated carbocycles. The van der Waals surface area contributed by atoms with E-state index in [0.717, 1.165) is 5.69 Å². The SMILES string of the molecule is CNC(=O)/C(=N/OC)c1ccccc1CO/N=C(C)/C(=N/OC)c1cnn(-c2ccc(Cl)cc2)c1. The lowest BCUT2D eigenvalue weighted by Crippen LogP contribution is -2.29. The first kappa shape index (κ1) is 25.4. The molecule has 0 unspecified atom stereocenters. The van der Waals surface area contributed by atoms with E-state index in [-0.39, 0.29) is 18.2 Å². The van der Waals surface area contributed by atoms with Gasteiger partial charge in [-0.15, -0.1) is 0 Å². The fraction of sp³-hybridized carbons (Fsp3) is 0.208. The van der Waals surface area contributed by atoms with Crippen LogP contribution in [0.2, 0.25) is 5.02 Å². The predicted octanol–water partition coefficient (Wildman–Crippen LogP) is 3.57. The number of amides is 1. The largest absolute Gasteiger partial charge is 0.399 e. The number of nitrogens with one attached hydrogen (secondary N) is 1. The molecule has 0 atom stereocenters. The minimum Gasteiger partial charge on any atom is -0.399 e. The van der Waals surface area contributed by atoms with Gasteiger partial charge in [-0.05, 0) is 31.2 Å². The first-order chi connectivity index (χ1) is 17.0. The fourth-order valence-corrected chi connectivity index (χ4v) is 3.27. The van der Waals surface area contributed by atoms with Gasteiger partial charge in [0, 0.05) is 35.0 Å². The van der Waals surface area contributed by atoms with Gasteiger partial charge < -0.3 is 19.8 Å². The van der Waals surface area contributed by atoms with E-state index in [4.69, 9.17) is 26.1 Å². The molecule has 1 amide bonds. The van der Waals surface area contributed by atoms with E-state index in [2.05, 4.69) is 25.9 Å².